The number of anilines is 2. The summed E-state index contributed by atoms with van der Waals surface area (Å²) in [5.74, 6) is 2.70. The van der Waals surface area contributed by atoms with Crippen LogP contribution in [0.2, 0.25) is 0 Å². The average Bonchev–Trinajstić information content (AvgIpc) is 3.74. The Bertz CT molecular complexity index is 1670. The molecular weight excluding hydrogens is 508 g/mol. The maximum atomic E-state index is 6.13. The first-order valence-corrected chi connectivity index (χ1v) is 15.5. The Kier molecular flexibility index (Phi) is 5.72. The van der Waals surface area contributed by atoms with Crippen LogP contribution in [0.5, 0.6) is 0 Å². The number of benzene rings is 2. The van der Waals surface area contributed by atoms with Crippen LogP contribution in [0.15, 0.2) is 30.3 Å². The van der Waals surface area contributed by atoms with Gasteiger partial charge in [-0.2, -0.15) is 5.10 Å². The molecule has 4 aromatic rings. The number of aromatic amines is 1. The number of nitrogens with one attached hydrogen (secondary N) is 1. The number of aromatic nitrogens is 4. The smallest absolute Gasteiger partial charge is 0.162 e. The van der Waals surface area contributed by atoms with Gasteiger partial charge in [-0.1, -0.05) is 18.2 Å². The minimum atomic E-state index is 0.0777. The van der Waals surface area contributed by atoms with Gasteiger partial charge in [-0.3, -0.25) is 5.10 Å². The Labute approximate surface area is 242 Å². The van der Waals surface area contributed by atoms with Crippen LogP contribution < -0.4 is 9.80 Å². The summed E-state index contributed by atoms with van der Waals surface area (Å²) >= 11 is 0. The first-order chi connectivity index (χ1) is 19.9. The molecule has 0 radical (unpaired) electrons. The van der Waals surface area contributed by atoms with Gasteiger partial charge in [-0.05, 0) is 94.5 Å². The fraction of sp³-hybridized carbons (Fsp3) is 0.500. The van der Waals surface area contributed by atoms with E-state index < -0.39 is 0 Å². The van der Waals surface area contributed by atoms with Crippen molar-refractivity contribution in [3.8, 4) is 11.4 Å². The Morgan fingerprint density at radius 1 is 1.00 bits per heavy atom. The van der Waals surface area contributed by atoms with Gasteiger partial charge in [0.25, 0.3) is 0 Å². The lowest BCUT2D eigenvalue weighted by molar-refractivity contribution is -0.163. The Balaban J connectivity index is 1.25. The van der Waals surface area contributed by atoms with Crippen molar-refractivity contribution in [2.45, 2.75) is 90.3 Å². The van der Waals surface area contributed by atoms with E-state index in [2.05, 4.69) is 78.0 Å². The topological polar surface area (TPSA) is 70.2 Å². The largest absolute Gasteiger partial charge is 0.375 e. The van der Waals surface area contributed by atoms with E-state index in [4.69, 9.17) is 14.7 Å². The molecule has 1 spiro atoms. The highest BCUT2D eigenvalue weighted by Gasteiger charge is 2.45. The van der Waals surface area contributed by atoms with E-state index in [1.54, 1.807) is 0 Å². The van der Waals surface area contributed by atoms with Gasteiger partial charge in [-0.15, -0.1) is 0 Å². The highest BCUT2D eigenvalue weighted by molar-refractivity contribution is 5.96. The monoisotopic (exact) mass is 548 g/mol. The fourth-order valence-electron chi connectivity index (χ4n) is 7.60. The maximum absolute atomic E-state index is 6.13. The van der Waals surface area contributed by atoms with Gasteiger partial charge < -0.3 is 14.5 Å². The van der Waals surface area contributed by atoms with Crippen LogP contribution in [0.4, 0.5) is 11.5 Å². The molecule has 0 bridgehead atoms. The fourth-order valence-corrected chi connectivity index (χ4v) is 7.60. The third-order valence-electron chi connectivity index (χ3n) is 10.2. The summed E-state index contributed by atoms with van der Waals surface area (Å²) in [6.45, 7) is 12.6. The normalized spacial score (nSPS) is 24.1. The van der Waals surface area contributed by atoms with Crippen molar-refractivity contribution in [3.63, 3.8) is 0 Å². The van der Waals surface area contributed by atoms with Crippen molar-refractivity contribution in [1.29, 1.82) is 0 Å². The van der Waals surface area contributed by atoms with E-state index in [0.717, 1.165) is 85.2 Å². The molecule has 8 rings (SSSR count). The van der Waals surface area contributed by atoms with E-state index >= 15 is 0 Å². The van der Waals surface area contributed by atoms with Crippen LogP contribution >= 0.6 is 0 Å². The highest BCUT2D eigenvalue weighted by atomic mass is 16.5. The molecule has 212 valence electrons. The highest BCUT2D eigenvalue weighted by Crippen LogP contribution is 2.44. The summed E-state index contributed by atoms with van der Waals surface area (Å²) in [7, 11) is 0. The van der Waals surface area contributed by atoms with Crippen molar-refractivity contribution in [1.82, 2.24) is 20.2 Å². The molecule has 3 aliphatic heterocycles. The summed E-state index contributed by atoms with van der Waals surface area (Å²) in [5.41, 5.74) is 11.1. The molecule has 41 heavy (non-hydrogen) atoms. The van der Waals surface area contributed by atoms with Gasteiger partial charge in [0, 0.05) is 60.0 Å². The third-order valence-corrected chi connectivity index (χ3v) is 10.2. The zero-order valence-corrected chi connectivity index (χ0v) is 24.8. The van der Waals surface area contributed by atoms with E-state index in [1.165, 1.54) is 52.9 Å². The Hall–Kier alpha value is -3.45. The SMILES string of the molecule is Cc1ccc(C2CC2)cc1N1CCc2nc(-c3c(C)ccc4n[nH]c(C)c34)nc(N3CC[C@@]4(CCO4)C[C@H]3C)c2C1. The lowest BCUT2D eigenvalue weighted by Gasteiger charge is -2.51. The van der Waals surface area contributed by atoms with Gasteiger partial charge in [-0.25, -0.2) is 9.97 Å². The molecule has 3 fully saturated rings. The number of fused-ring (bicyclic) bond motifs is 2. The molecule has 2 aromatic carbocycles. The molecule has 0 amide bonds. The second-order valence-electron chi connectivity index (χ2n) is 13.1. The maximum Gasteiger partial charge on any atom is 0.162 e. The standard InChI is InChI=1S/C34H40N6O/c1-20-5-7-25(24-8-9-24)17-29(20)39-14-11-27-26(19-39)33(40-15-12-34(13-16-41-34)18-22(40)3)36-32(35-27)30-21(2)6-10-28-31(30)23(4)37-38-28/h5-7,10,17,22,24H,8-9,11-16,18-19H2,1-4H3,(H,37,38)/t22-,34-/m1/s1. The number of H-pyrrole nitrogens is 1. The van der Waals surface area contributed by atoms with Crippen molar-refractivity contribution in [2.75, 3.05) is 29.5 Å². The lowest BCUT2D eigenvalue weighted by atomic mass is 9.81. The summed E-state index contributed by atoms with van der Waals surface area (Å²) in [5, 5.41) is 8.88. The van der Waals surface area contributed by atoms with Gasteiger partial charge in [0.05, 0.1) is 23.4 Å². The predicted octanol–water partition coefficient (Wildman–Crippen LogP) is 6.53. The van der Waals surface area contributed by atoms with Crippen LogP contribution in [0, 0.1) is 20.8 Å². The molecule has 2 saturated heterocycles. The van der Waals surface area contributed by atoms with Crippen molar-refractivity contribution < 1.29 is 4.74 Å². The third kappa shape index (κ3) is 4.15. The Morgan fingerprint density at radius 2 is 1.83 bits per heavy atom. The number of nitrogens with zero attached hydrogens (tertiary/aromatic N) is 5. The zero-order chi connectivity index (χ0) is 27.9. The van der Waals surface area contributed by atoms with Crippen molar-refractivity contribution in [2.24, 2.45) is 0 Å². The minimum Gasteiger partial charge on any atom is -0.375 e. The number of rotatable bonds is 4. The summed E-state index contributed by atoms with van der Waals surface area (Å²) in [6, 6.07) is 11.7. The van der Waals surface area contributed by atoms with Gasteiger partial charge >= 0.3 is 0 Å². The summed E-state index contributed by atoms with van der Waals surface area (Å²) in [4.78, 5) is 15.9. The molecule has 2 atom stereocenters. The molecule has 4 aliphatic rings. The van der Waals surface area contributed by atoms with E-state index in [1.807, 2.05) is 0 Å². The van der Waals surface area contributed by atoms with Gasteiger partial charge in [0.2, 0.25) is 0 Å². The zero-order valence-electron chi connectivity index (χ0n) is 24.8. The molecular formula is C34H40N6O. The van der Waals surface area contributed by atoms with Crippen LogP contribution in [-0.4, -0.2) is 51.5 Å². The molecule has 1 aliphatic carbocycles. The first-order valence-electron chi connectivity index (χ1n) is 15.5. The molecule has 1 saturated carbocycles. The molecule has 7 nitrogen and oxygen atoms in total. The van der Waals surface area contributed by atoms with E-state index in [-0.39, 0.29) is 5.60 Å². The molecule has 1 N–H and O–H groups in total. The van der Waals surface area contributed by atoms with Crippen LogP contribution in [0.3, 0.4) is 0 Å². The Morgan fingerprint density at radius 3 is 2.59 bits per heavy atom. The van der Waals surface area contributed by atoms with E-state index in [9.17, 15) is 0 Å². The molecule has 2 aromatic heterocycles. The molecule has 5 heterocycles. The lowest BCUT2D eigenvalue weighted by Crippen LogP contribution is -2.56. The van der Waals surface area contributed by atoms with Crippen LogP contribution in [-0.2, 0) is 17.7 Å². The summed E-state index contributed by atoms with van der Waals surface area (Å²) < 4.78 is 6.13. The summed E-state index contributed by atoms with van der Waals surface area (Å²) in [6.07, 6.45) is 6.87. The number of hydrogen-bond acceptors (Lipinski definition) is 6. The van der Waals surface area contributed by atoms with E-state index in [0.29, 0.717) is 6.04 Å². The number of ether oxygens (including phenoxy) is 1. The number of hydrogen-bond donors (Lipinski definition) is 1. The number of aryl methyl sites for hydroxylation is 3. The van der Waals surface area contributed by atoms with Crippen LogP contribution in [0.25, 0.3) is 22.3 Å². The second-order valence-corrected chi connectivity index (χ2v) is 13.1. The van der Waals surface area contributed by atoms with Crippen LogP contribution in [0.1, 0.15) is 78.6 Å². The number of piperidine rings is 1. The molecule has 0 unspecified atom stereocenters. The van der Waals surface area contributed by atoms with Crippen molar-refractivity contribution >= 4 is 22.4 Å². The first kappa shape index (κ1) is 25.3. The second kappa shape index (κ2) is 9.28. The van der Waals surface area contributed by atoms with Crippen molar-refractivity contribution in [3.05, 3.63) is 64.0 Å². The van der Waals surface area contributed by atoms with Gasteiger partial charge in [0.1, 0.15) is 5.82 Å². The quantitative estimate of drug-likeness (QED) is 0.313. The minimum absolute atomic E-state index is 0.0777. The average molecular weight is 549 g/mol. The molecule has 7 heteroatoms. The van der Waals surface area contributed by atoms with Gasteiger partial charge in [0.15, 0.2) is 5.82 Å². The predicted molar refractivity (Wildman–Crippen MR) is 164 cm³/mol.